The second-order valence-electron chi connectivity index (χ2n) is 7.41. The van der Waals surface area contributed by atoms with Crippen molar-refractivity contribution in [3.05, 3.63) is 41.3 Å². The molecule has 3 heterocycles. The van der Waals surface area contributed by atoms with E-state index in [-0.39, 0.29) is 11.9 Å². The van der Waals surface area contributed by atoms with Crippen LogP contribution in [-0.2, 0) is 12.8 Å². The Labute approximate surface area is 159 Å². The summed E-state index contributed by atoms with van der Waals surface area (Å²) in [5.74, 6) is 1.47. The summed E-state index contributed by atoms with van der Waals surface area (Å²) in [5.41, 5.74) is 8.21. The molecule has 142 valence electrons. The van der Waals surface area contributed by atoms with Crippen LogP contribution in [-0.4, -0.2) is 40.5 Å². The predicted molar refractivity (Wildman–Crippen MR) is 105 cm³/mol. The lowest BCUT2D eigenvalue weighted by Gasteiger charge is -2.33. The molecule has 1 amide bonds. The summed E-state index contributed by atoms with van der Waals surface area (Å²) < 4.78 is 0. The minimum Gasteiger partial charge on any atom is -0.368 e. The van der Waals surface area contributed by atoms with E-state index >= 15 is 0 Å². The van der Waals surface area contributed by atoms with Crippen molar-refractivity contribution in [2.45, 2.75) is 38.5 Å². The first-order chi connectivity index (χ1) is 13.2. The molecule has 1 atom stereocenters. The van der Waals surface area contributed by atoms with Gasteiger partial charge in [-0.15, -0.1) is 0 Å². The number of nitrogen functional groups attached to an aromatic ring is 1. The summed E-state index contributed by atoms with van der Waals surface area (Å²) in [6, 6.07) is 5.98. The molecule has 1 unspecified atom stereocenters. The first-order valence-electron chi connectivity index (χ1n) is 9.80. The van der Waals surface area contributed by atoms with Gasteiger partial charge in [0.25, 0.3) is 5.91 Å². The second kappa shape index (κ2) is 7.90. The molecular formula is C20H26N6O. The van der Waals surface area contributed by atoms with Crippen molar-refractivity contribution in [2.24, 2.45) is 5.92 Å². The SMILES string of the molecule is Nc1nc2c(c(C(=O)NCC3CCCN(c4ccccn4)C3)n1)CCCC2. The van der Waals surface area contributed by atoms with Crippen molar-refractivity contribution in [1.29, 1.82) is 0 Å². The summed E-state index contributed by atoms with van der Waals surface area (Å²) in [6.45, 7) is 2.56. The van der Waals surface area contributed by atoms with Gasteiger partial charge in [-0.05, 0) is 56.6 Å². The number of piperidine rings is 1. The monoisotopic (exact) mass is 366 g/mol. The lowest BCUT2D eigenvalue weighted by molar-refractivity contribution is 0.0939. The molecule has 1 aliphatic heterocycles. The number of nitrogens with two attached hydrogens (primary N) is 1. The van der Waals surface area contributed by atoms with Gasteiger partial charge in [0.15, 0.2) is 0 Å². The number of carbonyl (C=O) groups excluding carboxylic acids is 1. The Balaban J connectivity index is 1.40. The normalized spacial score (nSPS) is 19.4. The van der Waals surface area contributed by atoms with Crippen molar-refractivity contribution < 1.29 is 4.79 Å². The van der Waals surface area contributed by atoms with Gasteiger partial charge in [0.1, 0.15) is 11.5 Å². The third-order valence-electron chi connectivity index (χ3n) is 5.46. The van der Waals surface area contributed by atoms with Gasteiger partial charge in [0.2, 0.25) is 5.95 Å². The van der Waals surface area contributed by atoms with Crippen LogP contribution in [0.4, 0.5) is 11.8 Å². The summed E-state index contributed by atoms with van der Waals surface area (Å²) in [7, 11) is 0. The molecule has 2 aliphatic rings. The molecule has 2 aromatic rings. The summed E-state index contributed by atoms with van der Waals surface area (Å²) in [5, 5.41) is 3.09. The van der Waals surface area contributed by atoms with E-state index in [2.05, 4.69) is 25.2 Å². The lowest BCUT2D eigenvalue weighted by Crippen LogP contribution is -2.41. The molecule has 7 nitrogen and oxygen atoms in total. The van der Waals surface area contributed by atoms with Crippen LogP contribution in [0.25, 0.3) is 0 Å². The molecular weight excluding hydrogens is 340 g/mol. The number of nitrogens with zero attached hydrogens (tertiary/aromatic N) is 4. The van der Waals surface area contributed by atoms with E-state index in [9.17, 15) is 4.79 Å². The van der Waals surface area contributed by atoms with E-state index in [4.69, 9.17) is 5.73 Å². The minimum atomic E-state index is -0.128. The van der Waals surface area contributed by atoms with E-state index in [1.807, 2.05) is 24.4 Å². The highest BCUT2D eigenvalue weighted by molar-refractivity contribution is 5.94. The molecule has 2 aromatic heterocycles. The van der Waals surface area contributed by atoms with Crippen molar-refractivity contribution in [1.82, 2.24) is 20.3 Å². The summed E-state index contributed by atoms with van der Waals surface area (Å²) in [6.07, 6.45) is 7.93. The highest BCUT2D eigenvalue weighted by Gasteiger charge is 2.24. The van der Waals surface area contributed by atoms with E-state index in [0.717, 1.165) is 68.7 Å². The molecule has 0 spiro atoms. The molecule has 7 heteroatoms. The molecule has 0 aromatic carbocycles. The van der Waals surface area contributed by atoms with Gasteiger partial charge in [0, 0.05) is 37.1 Å². The molecule has 4 rings (SSSR count). The number of aryl methyl sites for hydroxylation is 1. The van der Waals surface area contributed by atoms with Crippen LogP contribution >= 0.6 is 0 Å². The van der Waals surface area contributed by atoms with Gasteiger partial charge >= 0.3 is 0 Å². The lowest BCUT2D eigenvalue weighted by atomic mass is 9.94. The average molecular weight is 366 g/mol. The second-order valence-corrected chi connectivity index (χ2v) is 7.41. The number of nitrogens with one attached hydrogen (secondary N) is 1. The van der Waals surface area contributed by atoms with Crippen LogP contribution < -0.4 is 16.0 Å². The third-order valence-corrected chi connectivity index (χ3v) is 5.46. The van der Waals surface area contributed by atoms with Crippen molar-refractivity contribution in [2.75, 3.05) is 30.3 Å². The number of anilines is 2. The Morgan fingerprint density at radius 2 is 2.11 bits per heavy atom. The standard InChI is InChI=1S/C20H26N6O/c21-20-24-16-8-2-1-7-15(16)18(25-20)19(27)23-12-14-6-5-11-26(13-14)17-9-3-4-10-22-17/h3-4,9-10,14H,1-2,5-8,11-13H2,(H,23,27)(H2,21,24,25). The molecule has 1 fully saturated rings. The number of aromatic nitrogens is 3. The van der Waals surface area contributed by atoms with Crippen LogP contribution in [0.15, 0.2) is 24.4 Å². The fourth-order valence-electron chi connectivity index (χ4n) is 4.10. The van der Waals surface area contributed by atoms with Crippen LogP contribution in [0, 0.1) is 5.92 Å². The Morgan fingerprint density at radius 1 is 1.22 bits per heavy atom. The quantitative estimate of drug-likeness (QED) is 0.859. The number of fused-ring (bicyclic) bond motifs is 1. The summed E-state index contributed by atoms with van der Waals surface area (Å²) >= 11 is 0. The summed E-state index contributed by atoms with van der Waals surface area (Å²) in [4.78, 5) is 28.1. The van der Waals surface area contributed by atoms with Gasteiger partial charge in [-0.3, -0.25) is 4.79 Å². The average Bonchev–Trinajstić information content (AvgIpc) is 2.72. The fourth-order valence-corrected chi connectivity index (χ4v) is 4.10. The zero-order valence-electron chi connectivity index (χ0n) is 15.5. The van der Waals surface area contributed by atoms with Crippen LogP contribution in [0.3, 0.4) is 0 Å². The maximum atomic E-state index is 12.8. The Morgan fingerprint density at radius 3 is 2.96 bits per heavy atom. The van der Waals surface area contributed by atoms with E-state index < -0.39 is 0 Å². The molecule has 0 saturated carbocycles. The third kappa shape index (κ3) is 4.02. The predicted octanol–water partition coefficient (Wildman–Crippen LogP) is 1.98. The van der Waals surface area contributed by atoms with Gasteiger partial charge in [-0.25, -0.2) is 15.0 Å². The number of pyridine rings is 1. The number of carbonyl (C=O) groups is 1. The molecule has 0 radical (unpaired) electrons. The molecule has 1 aliphatic carbocycles. The van der Waals surface area contributed by atoms with E-state index in [1.54, 1.807) is 0 Å². The van der Waals surface area contributed by atoms with Gasteiger partial charge in [-0.2, -0.15) is 0 Å². The number of amides is 1. The molecule has 3 N–H and O–H groups in total. The van der Waals surface area contributed by atoms with Crippen LogP contribution in [0.1, 0.15) is 47.4 Å². The van der Waals surface area contributed by atoms with Crippen molar-refractivity contribution in [3.63, 3.8) is 0 Å². The zero-order valence-corrected chi connectivity index (χ0v) is 15.5. The van der Waals surface area contributed by atoms with Crippen LogP contribution in [0.2, 0.25) is 0 Å². The Hall–Kier alpha value is -2.70. The van der Waals surface area contributed by atoms with Crippen LogP contribution in [0.5, 0.6) is 0 Å². The van der Waals surface area contributed by atoms with Gasteiger partial charge < -0.3 is 16.0 Å². The Bertz CT molecular complexity index is 810. The van der Waals surface area contributed by atoms with Gasteiger partial charge in [-0.1, -0.05) is 6.07 Å². The number of hydrogen-bond acceptors (Lipinski definition) is 6. The number of hydrogen-bond donors (Lipinski definition) is 2. The maximum absolute atomic E-state index is 12.8. The largest absolute Gasteiger partial charge is 0.368 e. The molecule has 0 bridgehead atoms. The smallest absolute Gasteiger partial charge is 0.270 e. The van der Waals surface area contributed by atoms with E-state index in [0.29, 0.717) is 18.2 Å². The molecule has 27 heavy (non-hydrogen) atoms. The highest BCUT2D eigenvalue weighted by Crippen LogP contribution is 2.24. The first kappa shape index (κ1) is 17.7. The number of rotatable bonds is 4. The maximum Gasteiger partial charge on any atom is 0.270 e. The van der Waals surface area contributed by atoms with E-state index in [1.165, 1.54) is 0 Å². The van der Waals surface area contributed by atoms with Crippen molar-refractivity contribution in [3.8, 4) is 0 Å². The minimum absolute atomic E-state index is 0.128. The fraction of sp³-hybridized carbons (Fsp3) is 0.500. The molecule has 1 saturated heterocycles. The topological polar surface area (TPSA) is 97.0 Å². The highest BCUT2D eigenvalue weighted by atomic mass is 16.1. The van der Waals surface area contributed by atoms with Crippen molar-refractivity contribution >= 4 is 17.7 Å². The Kier molecular flexibility index (Phi) is 5.18. The van der Waals surface area contributed by atoms with Gasteiger partial charge in [0.05, 0.1) is 0 Å². The first-order valence-corrected chi connectivity index (χ1v) is 9.80. The zero-order chi connectivity index (χ0) is 18.6.